The predicted molar refractivity (Wildman–Crippen MR) is 104 cm³/mol. The second kappa shape index (κ2) is 6.44. The molecule has 5 rings (SSSR count). The minimum Gasteiger partial charge on any atom is -0.343 e. The lowest BCUT2D eigenvalue weighted by atomic mass is 10.1. The molecule has 0 bridgehead atoms. The van der Waals surface area contributed by atoms with Gasteiger partial charge in [0.25, 0.3) is 5.91 Å². The Bertz CT molecular complexity index is 1140. The van der Waals surface area contributed by atoms with Crippen LogP contribution in [-0.4, -0.2) is 45.6 Å². The van der Waals surface area contributed by atoms with Crippen LogP contribution in [0.4, 0.5) is 0 Å². The van der Waals surface area contributed by atoms with Crippen molar-refractivity contribution in [3.05, 3.63) is 47.0 Å². The molecule has 3 heterocycles. The van der Waals surface area contributed by atoms with E-state index in [2.05, 4.69) is 20.4 Å². The van der Waals surface area contributed by atoms with E-state index >= 15 is 0 Å². The third-order valence-corrected chi connectivity index (χ3v) is 7.31. The number of rotatable bonds is 4. The molecule has 1 saturated heterocycles. The minimum absolute atomic E-state index is 0.0530. The molecule has 1 aromatic carbocycles. The highest BCUT2D eigenvalue weighted by Crippen LogP contribution is 2.31. The van der Waals surface area contributed by atoms with Crippen molar-refractivity contribution in [1.82, 2.24) is 25.1 Å². The van der Waals surface area contributed by atoms with E-state index in [0.29, 0.717) is 17.9 Å². The largest absolute Gasteiger partial charge is 0.343 e. The Morgan fingerprint density at radius 2 is 2.14 bits per heavy atom. The van der Waals surface area contributed by atoms with Crippen LogP contribution in [-0.2, 0) is 29.2 Å². The van der Waals surface area contributed by atoms with Gasteiger partial charge in [0, 0.05) is 5.56 Å². The van der Waals surface area contributed by atoms with E-state index in [1.807, 2.05) is 24.3 Å². The summed E-state index contributed by atoms with van der Waals surface area (Å²) < 4.78 is 25.5. The van der Waals surface area contributed by atoms with Crippen molar-refractivity contribution in [1.29, 1.82) is 0 Å². The van der Waals surface area contributed by atoms with E-state index in [-0.39, 0.29) is 30.0 Å². The van der Waals surface area contributed by atoms with Gasteiger partial charge in [-0.05, 0) is 37.8 Å². The fourth-order valence-electron chi connectivity index (χ4n) is 4.22. The molecule has 2 aliphatic rings. The van der Waals surface area contributed by atoms with E-state index in [1.54, 1.807) is 4.68 Å². The summed E-state index contributed by atoms with van der Waals surface area (Å²) in [5, 5.41) is 7.55. The molecule has 8 nitrogen and oxygen atoms in total. The molecule has 0 radical (unpaired) electrons. The number of amides is 1. The summed E-state index contributed by atoms with van der Waals surface area (Å²) in [5.41, 5.74) is 4.19. The van der Waals surface area contributed by atoms with Crippen molar-refractivity contribution >= 4 is 26.8 Å². The number of aromatic nitrogens is 4. The first-order chi connectivity index (χ1) is 13.5. The lowest BCUT2D eigenvalue weighted by molar-refractivity contribution is 0.0936. The van der Waals surface area contributed by atoms with E-state index in [0.717, 1.165) is 41.6 Å². The molecular weight excluding hydrogens is 378 g/mol. The molecule has 146 valence electrons. The van der Waals surface area contributed by atoms with Gasteiger partial charge < -0.3 is 10.3 Å². The maximum absolute atomic E-state index is 13.0. The van der Waals surface area contributed by atoms with Crippen molar-refractivity contribution in [2.75, 3.05) is 11.5 Å². The summed E-state index contributed by atoms with van der Waals surface area (Å²) in [6.07, 6.45) is 3.13. The third-order valence-electron chi connectivity index (χ3n) is 5.56. The zero-order chi connectivity index (χ0) is 19.3. The Kier molecular flexibility index (Phi) is 4.01. The van der Waals surface area contributed by atoms with Gasteiger partial charge in [-0.15, -0.1) is 0 Å². The quantitative estimate of drug-likeness (QED) is 0.692. The molecule has 28 heavy (non-hydrogen) atoms. The van der Waals surface area contributed by atoms with Crippen LogP contribution in [0.25, 0.3) is 11.0 Å². The summed E-state index contributed by atoms with van der Waals surface area (Å²) in [7, 11) is -3.06. The Balaban J connectivity index is 1.41. The topological polar surface area (TPSA) is 110 Å². The minimum atomic E-state index is -3.06. The Morgan fingerprint density at radius 3 is 2.93 bits per heavy atom. The van der Waals surface area contributed by atoms with Gasteiger partial charge in [-0.25, -0.2) is 13.4 Å². The molecule has 9 heteroatoms. The van der Waals surface area contributed by atoms with Crippen LogP contribution in [0.15, 0.2) is 24.3 Å². The summed E-state index contributed by atoms with van der Waals surface area (Å²) in [6.45, 7) is 0.274. The first kappa shape index (κ1) is 17.4. The molecular formula is C19H21N5O3S. The summed E-state index contributed by atoms with van der Waals surface area (Å²) in [5.74, 6) is 0.667. The number of sulfone groups is 1. The van der Waals surface area contributed by atoms with Gasteiger partial charge in [0.05, 0.1) is 40.8 Å². The van der Waals surface area contributed by atoms with Crippen molar-refractivity contribution in [3.63, 3.8) is 0 Å². The highest BCUT2D eigenvalue weighted by atomic mass is 32.2. The van der Waals surface area contributed by atoms with Crippen LogP contribution >= 0.6 is 0 Å². The fourth-order valence-corrected chi connectivity index (χ4v) is 5.91. The number of hydrogen-bond donors (Lipinski definition) is 2. The molecule has 2 aromatic heterocycles. The van der Waals surface area contributed by atoms with Crippen molar-refractivity contribution in [2.24, 2.45) is 0 Å². The first-order valence-electron chi connectivity index (χ1n) is 9.53. The Labute approximate surface area is 162 Å². The number of carbonyl (C=O) groups excluding carboxylic acids is 1. The Morgan fingerprint density at radius 1 is 1.29 bits per heavy atom. The number of H-pyrrole nitrogens is 1. The summed E-state index contributed by atoms with van der Waals surface area (Å²) in [4.78, 5) is 20.7. The lowest BCUT2D eigenvalue weighted by Gasteiger charge is -2.14. The second-order valence-corrected chi connectivity index (χ2v) is 9.74. The van der Waals surface area contributed by atoms with Crippen molar-refractivity contribution in [2.45, 2.75) is 38.3 Å². The fraction of sp³-hybridized carbons (Fsp3) is 0.421. The highest BCUT2D eigenvalue weighted by molar-refractivity contribution is 7.91. The maximum Gasteiger partial charge on any atom is 0.270 e. The SMILES string of the molecule is O=C(NCc1nc2ccccc2[nH]1)c1c2c(nn1[C@@H]1CCS(=O)(=O)C1)CCC2. The number of fused-ring (bicyclic) bond motifs is 2. The molecule has 1 fully saturated rings. The number of aromatic amines is 1. The Hall–Kier alpha value is -2.68. The maximum atomic E-state index is 13.0. The average molecular weight is 399 g/mol. The van der Waals surface area contributed by atoms with Gasteiger partial charge in [0.2, 0.25) is 0 Å². The van der Waals surface area contributed by atoms with Gasteiger partial charge in [-0.2, -0.15) is 5.10 Å². The van der Waals surface area contributed by atoms with Gasteiger partial charge in [-0.1, -0.05) is 12.1 Å². The molecule has 1 aliphatic heterocycles. The van der Waals surface area contributed by atoms with E-state index in [4.69, 9.17) is 0 Å². The zero-order valence-electron chi connectivity index (χ0n) is 15.3. The monoisotopic (exact) mass is 399 g/mol. The first-order valence-corrected chi connectivity index (χ1v) is 11.3. The predicted octanol–water partition coefficient (Wildman–Crippen LogP) is 1.54. The number of carbonyl (C=O) groups is 1. The number of nitrogens with one attached hydrogen (secondary N) is 2. The highest BCUT2D eigenvalue weighted by Gasteiger charge is 2.35. The van der Waals surface area contributed by atoms with Gasteiger partial charge >= 0.3 is 0 Å². The number of para-hydroxylation sites is 2. The van der Waals surface area contributed by atoms with Crippen LogP contribution < -0.4 is 5.32 Å². The summed E-state index contributed by atoms with van der Waals surface area (Å²) >= 11 is 0. The van der Waals surface area contributed by atoms with Crippen LogP contribution in [0.3, 0.4) is 0 Å². The van der Waals surface area contributed by atoms with Crippen LogP contribution in [0, 0.1) is 0 Å². The molecule has 0 spiro atoms. The smallest absolute Gasteiger partial charge is 0.270 e. The normalized spacial score (nSPS) is 20.5. The average Bonchev–Trinajstić information content (AvgIpc) is 3.40. The lowest BCUT2D eigenvalue weighted by Crippen LogP contribution is -2.29. The molecule has 1 aliphatic carbocycles. The third kappa shape index (κ3) is 2.99. The number of imidazole rings is 1. The number of hydrogen-bond acceptors (Lipinski definition) is 5. The second-order valence-electron chi connectivity index (χ2n) is 7.51. The van der Waals surface area contributed by atoms with Gasteiger partial charge in [0.1, 0.15) is 11.5 Å². The molecule has 1 amide bonds. The number of nitrogens with zero attached hydrogens (tertiary/aromatic N) is 3. The number of aryl methyl sites for hydroxylation is 1. The molecule has 3 aromatic rings. The molecule has 0 saturated carbocycles. The van der Waals surface area contributed by atoms with Gasteiger partial charge in [-0.3, -0.25) is 9.48 Å². The standard InChI is InChI=1S/C19H21N5O3S/c25-19(20-10-17-21-15-5-1-2-6-16(15)22-17)18-13-4-3-7-14(13)23-24(18)12-8-9-28(26,27)11-12/h1-2,5-6,12H,3-4,7-11H2,(H,20,25)(H,21,22)/t12-/m1/s1. The van der Waals surface area contributed by atoms with Crippen LogP contribution in [0.5, 0.6) is 0 Å². The molecule has 2 N–H and O–H groups in total. The molecule has 0 unspecified atom stereocenters. The zero-order valence-corrected chi connectivity index (χ0v) is 16.1. The van der Waals surface area contributed by atoms with Gasteiger partial charge in [0.15, 0.2) is 9.84 Å². The van der Waals surface area contributed by atoms with Crippen LogP contribution in [0.1, 0.15) is 46.5 Å². The molecule has 1 atom stereocenters. The summed E-state index contributed by atoms with van der Waals surface area (Å²) in [6, 6.07) is 7.45. The van der Waals surface area contributed by atoms with E-state index in [9.17, 15) is 13.2 Å². The van der Waals surface area contributed by atoms with Crippen molar-refractivity contribution < 1.29 is 13.2 Å². The van der Waals surface area contributed by atoms with E-state index < -0.39 is 9.84 Å². The van der Waals surface area contributed by atoms with E-state index in [1.165, 1.54) is 0 Å². The number of benzene rings is 1. The van der Waals surface area contributed by atoms with Crippen molar-refractivity contribution in [3.8, 4) is 0 Å². The van der Waals surface area contributed by atoms with Crippen LogP contribution in [0.2, 0.25) is 0 Å².